The van der Waals surface area contributed by atoms with Crippen LogP contribution in [0.25, 0.3) is 0 Å². The fraction of sp³-hybridized carbons (Fsp3) is 0.364. The highest BCUT2D eigenvalue weighted by Crippen LogP contribution is 2.22. The van der Waals surface area contributed by atoms with Gasteiger partial charge in [-0.3, -0.25) is 0 Å². The third-order valence-electron chi connectivity index (χ3n) is 2.44. The summed E-state index contributed by atoms with van der Waals surface area (Å²) in [6.45, 7) is 2.46. The Morgan fingerprint density at radius 1 is 1.42 bits per heavy atom. The molecule has 0 aliphatic carbocycles. The van der Waals surface area contributed by atoms with Gasteiger partial charge in [0.2, 0.25) is 10.0 Å². The zero-order chi connectivity index (χ0) is 13.9. The van der Waals surface area contributed by atoms with Gasteiger partial charge < -0.3 is 5.32 Å². The smallest absolute Gasteiger partial charge is 0.242 e. The molecule has 8 heteroatoms. The van der Waals surface area contributed by atoms with Crippen molar-refractivity contribution in [1.29, 1.82) is 0 Å². The van der Waals surface area contributed by atoms with Crippen LogP contribution < -0.4 is 10.0 Å². The maximum atomic E-state index is 12.2. The lowest BCUT2D eigenvalue weighted by molar-refractivity contribution is 0.566. The number of rotatable bonds is 6. The predicted octanol–water partition coefficient (Wildman–Crippen LogP) is 1.96. The highest BCUT2D eigenvalue weighted by atomic mass is 32.2. The molecule has 104 valence electrons. The standard InChI is InChI=1S/C11H15N3O2S3/c1-8(11-13-3-4-17-11)14-19(15,16)10-5-9(6-12-2)18-7-10/h3-5,7-8,12,14H,6H2,1-2H3. The largest absolute Gasteiger partial charge is 0.315 e. The Labute approximate surface area is 120 Å². The van der Waals surface area contributed by atoms with Crippen LogP contribution in [-0.2, 0) is 16.6 Å². The van der Waals surface area contributed by atoms with Gasteiger partial charge in [0.25, 0.3) is 0 Å². The molecule has 0 aliphatic heterocycles. The lowest BCUT2D eigenvalue weighted by Gasteiger charge is -2.10. The fourth-order valence-electron chi connectivity index (χ4n) is 1.57. The van der Waals surface area contributed by atoms with Crippen LogP contribution in [0.3, 0.4) is 0 Å². The first-order chi connectivity index (χ1) is 9.03. The predicted molar refractivity (Wildman–Crippen MR) is 77.9 cm³/mol. The topological polar surface area (TPSA) is 71.1 Å². The van der Waals surface area contributed by atoms with Gasteiger partial charge in [0.15, 0.2) is 0 Å². The van der Waals surface area contributed by atoms with Crippen molar-refractivity contribution in [3.63, 3.8) is 0 Å². The average Bonchev–Trinajstić information content (AvgIpc) is 2.99. The van der Waals surface area contributed by atoms with E-state index in [-0.39, 0.29) is 6.04 Å². The molecule has 5 nitrogen and oxygen atoms in total. The SMILES string of the molecule is CNCc1cc(S(=O)(=O)NC(C)c2nccs2)cs1. The second-order valence-electron chi connectivity index (χ2n) is 3.99. The zero-order valence-electron chi connectivity index (χ0n) is 10.6. The van der Waals surface area contributed by atoms with E-state index in [0.29, 0.717) is 11.4 Å². The van der Waals surface area contributed by atoms with Crippen molar-refractivity contribution in [2.45, 2.75) is 24.4 Å². The number of aromatic nitrogens is 1. The van der Waals surface area contributed by atoms with Crippen molar-refractivity contribution in [3.8, 4) is 0 Å². The minimum absolute atomic E-state index is 0.311. The molecular formula is C11H15N3O2S3. The molecule has 2 rings (SSSR count). The second kappa shape index (κ2) is 6.10. The maximum absolute atomic E-state index is 12.2. The number of thiophene rings is 1. The summed E-state index contributed by atoms with van der Waals surface area (Å²) in [7, 11) is -1.65. The molecule has 0 bridgehead atoms. The lowest BCUT2D eigenvalue weighted by Crippen LogP contribution is -2.26. The molecule has 0 spiro atoms. The van der Waals surface area contributed by atoms with E-state index in [1.165, 1.54) is 22.7 Å². The summed E-state index contributed by atoms with van der Waals surface area (Å²) in [6, 6.07) is 1.37. The van der Waals surface area contributed by atoms with Crippen molar-refractivity contribution in [2.24, 2.45) is 0 Å². The number of nitrogens with zero attached hydrogens (tertiary/aromatic N) is 1. The summed E-state index contributed by atoms with van der Waals surface area (Å²) in [5.41, 5.74) is 0. The second-order valence-corrected chi connectivity index (χ2v) is 7.63. The van der Waals surface area contributed by atoms with E-state index in [9.17, 15) is 8.42 Å². The first kappa shape index (κ1) is 14.6. The highest BCUT2D eigenvalue weighted by Gasteiger charge is 2.20. The Bertz CT molecular complexity index is 619. The van der Waals surface area contributed by atoms with E-state index in [1.54, 1.807) is 24.6 Å². The molecule has 0 aliphatic rings. The van der Waals surface area contributed by atoms with Crippen molar-refractivity contribution >= 4 is 32.7 Å². The summed E-state index contributed by atoms with van der Waals surface area (Å²) >= 11 is 2.87. The Kier molecular flexibility index (Phi) is 4.69. The van der Waals surface area contributed by atoms with Crippen LogP contribution >= 0.6 is 22.7 Å². The number of hydrogen-bond donors (Lipinski definition) is 2. The Morgan fingerprint density at radius 2 is 2.21 bits per heavy atom. The molecule has 2 aromatic rings. The highest BCUT2D eigenvalue weighted by molar-refractivity contribution is 7.89. The van der Waals surface area contributed by atoms with Crippen molar-refractivity contribution in [3.05, 3.63) is 32.9 Å². The molecule has 2 heterocycles. The fourth-order valence-corrected chi connectivity index (χ4v) is 4.78. The van der Waals surface area contributed by atoms with Crippen molar-refractivity contribution < 1.29 is 8.42 Å². The summed E-state index contributed by atoms with van der Waals surface area (Å²) < 4.78 is 27.1. The number of hydrogen-bond acceptors (Lipinski definition) is 6. The molecule has 0 radical (unpaired) electrons. The van der Waals surface area contributed by atoms with Gasteiger partial charge >= 0.3 is 0 Å². The van der Waals surface area contributed by atoms with E-state index in [4.69, 9.17) is 0 Å². The van der Waals surface area contributed by atoms with Gasteiger partial charge in [-0.05, 0) is 20.0 Å². The molecule has 2 N–H and O–H groups in total. The monoisotopic (exact) mass is 317 g/mol. The first-order valence-electron chi connectivity index (χ1n) is 5.66. The maximum Gasteiger partial charge on any atom is 0.242 e. The minimum Gasteiger partial charge on any atom is -0.315 e. The number of thiazole rings is 1. The zero-order valence-corrected chi connectivity index (χ0v) is 13.0. The third kappa shape index (κ3) is 3.61. The summed E-state index contributed by atoms with van der Waals surface area (Å²) in [6.07, 6.45) is 1.67. The molecule has 2 aromatic heterocycles. The van der Waals surface area contributed by atoms with Crippen LogP contribution in [0.4, 0.5) is 0 Å². The van der Waals surface area contributed by atoms with Crippen molar-refractivity contribution in [1.82, 2.24) is 15.0 Å². The molecule has 0 saturated carbocycles. The van der Waals surface area contributed by atoms with Crippen LogP contribution in [0, 0.1) is 0 Å². The number of nitrogens with one attached hydrogen (secondary N) is 2. The van der Waals surface area contributed by atoms with Crippen LogP contribution in [-0.4, -0.2) is 20.4 Å². The molecule has 1 atom stereocenters. The van der Waals surface area contributed by atoms with E-state index in [1.807, 2.05) is 12.4 Å². The van der Waals surface area contributed by atoms with E-state index < -0.39 is 10.0 Å². The van der Waals surface area contributed by atoms with Crippen LogP contribution in [0.5, 0.6) is 0 Å². The Morgan fingerprint density at radius 3 is 2.84 bits per heavy atom. The van der Waals surface area contributed by atoms with Gasteiger partial charge in [-0.2, -0.15) is 0 Å². The van der Waals surface area contributed by atoms with Crippen molar-refractivity contribution in [2.75, 3.05) is 7.05 Å². The molecule has 1 unspecified atom stereocenters. The molecule has 0 saturated heterocycles. The quantitative estimate of drug-likeness (QED) is 0.854. The summed E-state index contributed by atoms with van der Waals surface area (Å²) in [4.78, 5) is 5.41. The van der Waals surface area contributed by atoms with Gasteiger partial charge in [-0.25, -0.2) is 18.1 Å². The van der Waals surface area contributed by atoms with Gasteiger partial charge in [-0.1, -0.05) is 0 Å². The molecule has 19 heavy (non-hydrogen) atoms. The van der Waals surface area contributed by atoms with E-state index in [2.05, 4.69) is 15.0 Å². The normalized spacial score (nSPS) is 13.6. The average molecular weight is 317 g/mol. The van der Waals surface area contributed by atoms with Crippen LogP contribution in [0.15, 0.2) is 27.9 Å². The van der Waals surface area contributed by atoms with Crippen LogP contribution in [0.1, 0.15) is 22.9 Å². The van der Waals surface area contributed by atoms with Gasteiger partial charge in [0.05, 0.1) is 10.9 Å². The lowest BCUT2D eigenvalue weighted by atomic mass is 10.4. The number of sulfonamides is 1. The minimum atomic E-state index is -3.48. The van der Waals surface area contributed by atoms with E-state index in [0.717, 1.165) is 9.88 Å². The molecule has 0 aromatic carbocycles. The third-order valence-corrected chi connectivity index (χ3v) is 6.01. The first-order valence-corrected chi connectivity index (χ1v) is 8.91. The summed E-state index contributed by atoms with van der Waals surface area (Å²) in [5.74, 6) is 0. The molecule has 0 fully saturated rings. The Balaban J connectivity index is 2.13. The van der Waals surface area contributed by atoms with Gasteiger partial charge in [0.1, 0.15) is 5.01 Å². The Hall–Kier alpha value is -0.800. The summed E-state index contributed by atoms with van der Waals surface area (Å²) in [5, 5.41) is 7.24. The van der Waals surface area contributed by atoms with Gasteiger partial charge in [0, 0.05) is 28.4 Å². The molecular weight excluding hydrogens is 302 g/mol. The van der Waals surface area contributed by atoms with E-state index >= 15 is 0 Å². The van der Waals surface area contributed by atoms with Gasteiger partial charge in [-0.15, -0.1) is 22.7 Å². The molecule has 0 amide bonds. The van der Waals surface area contributed by atoms with Crippen LogP contribution in [0.2, 0.25) is 0 Å².